The van der Waals surface area contributed by atoms with Crippen LogP contribution in [0.25, 0.3) is 11.0 Å². The number of rotatable bonds is 7. The van der Waals surface area contributed by atoms with E-state index in [1.165, 1.54) is 0 Å². The highest BCUT2D eigenvalue weighted by atomic mass is 16.5. The molecule has 0 bridgehead atoms. The third-order valence-corrected chi connectivity index (χ3v) is 8.48. The van der Waals surface area contributed by atoms with Crippen molar-refractivity contribution >= 4 is 16.7 Å². The molecular weight excluding hydrogens is 480 g/mol. The van der Waals surface area contributed by atoms with E-state index in [-0.39, 0.29) is 29.9 Å². The molecule has 0 aromatic carbocycles. The first-order valence-corrected chi connectivity index (χ1v) is 14.1. The molecule has 2 fully saturated rings. The Morgan fingerprint density at radius 2 is 1.92 bits per heavy atom. The Labute approximate surface area is 224 Å². The molecule has 0 radical (unpaired) electrons. The summed E-state index contributed by atoms with van der Waals surface area (Å²) in [5.74, 6) is 0. The smallest absolute Gasteiger partial charge is 0.252 e. The lowest BCUT2D eigenvalue weighted by atomic mass is 9.97. The molecule has 3 aromatic rings. The van der Waals surface area contributed by atoms with Crippen LogP contribution in [0.2, 0.25) is 0 Å². The summed E-state index contributed by atoms with van der Waals surface area (Å²) in [4.78, 5) is 18.0. The van der Waals surface area contributed by atoms with Gasteiger partial charge in [-0.3, -0.25) is 14.4 Å². The molecule has 5 heterocycles. The fourth-order valence-corrected chi connectivity index (χ4v) is 6.11. The third kappa shape index (κ3) is 4.63. The number of piperazine rings is 1. The first kappa shape index (κ1) is 26.4. The summed E-state index contributed by atoms with van der Waals surface area (Å²) in [5.41, 5.74) is 4.06. The number of aryl methyl sites for hydroxylation is 2. The number of fused-ring (bicyclic) bond motifs is 1. The van der Waals surface area contributed by atoms with Crippen LogP contribution in [0.3, 0.4) is 0 Å². The lowest BCUT2D eigenvalue weighted by Crippen LogP contribution is -2.59. The van der Waals surface area contributed by atoms with E-state index in [4.69, 9.17) is 14.9 Å². The fourth-order valence-electron chi connectivity index (χ4n) is 6.11. The Kier molecular flexibility index (Phi) is 7.59. The number of anilines is 1. The number of pyridine rings is 1. The highest BCUT2D eigenvalue weighted by Crippen LogP contribution is 2.35. The van der Waals surface area contributed by atoms with Crippen LogP contribution < -0.4 is 10.5 Å². The Bertz CT molecular complexity index is 1380. The van der Waals surface area contributed by atoms with E-state index in [1.807, 2.05) is 35.7 Å². The Morgan fingerprint density at radius 3 is 2.58 bits per heavy atom. The van der Waals surface area contributed by atoms with E-state index >= 15 is 0 Å². The van der Waals surface area contributed by atoms with E-state index < -0.39 is 0 Å². The summed E-state index contributed by atoms with van der Waals surface area (Å²) in [5, 5.41) is 19.5. The maximum absolute atomic E-state index is 13.1. The molecule has 10 heteroatoms. The van der Waals surface area contributed by atoms with Crippen molar-refractivity contribution in [3.05, 3.63) is 40.1 Å². The Morgan fingerprint density at radius 1 is 1.13 bits per heavy atom. The molecule has 2 aliphatic heterocycles. The number of nitrogens with zero attached hydrogens (tertiary/aromatic N) is 8. The molecule has 38 heavy (non-hydrogen) atoms. The molecule has 10 nitrogen and oxygen atoms in total. The molecule has 0 N–H and O–H groups in total. The van der Waals surface area contributed by atoms with Gasteiger partial charge in [-0.15, -0.1) is 0 Å². The van der Waals surface area contributed by atoms with Gasteiger partial charge in [-0.25, -0.2) is 4.68 Å². The van der Waals surface area contributed by atoms with Crippen LogP contribution in [0.4, 0.5) is 5.69 Å². The maximum atomic E-state index is 13.1. The van der Waals surface area contributed by atoms with Gasteiger partial charge in [0.05, 0.1) is 34.7 Å². The van der Waals surface area contributed by atoms with Crippen LogP contribution in [0.1, 0.15) is 83.3 Å². The molecule has 2 unspecified atom stereocenters. The predicted molar refractivity (Wildman–Crippen MR) is 147 cm³/mol. The van der Waals surface area contributed by atoms with Crippen LogP contribution in [0.5, 0.6) is 0 Å². The second kappa shape index (κ2) is 10.9. The van der Waals surface area contributed by atoms with Gasteiger partial charge in [-0.2, -0.15) is 15.5 Å². The monoisotopic (exact) mass is 520 g/mol. The van der Waals surface area contributed by atoms with Gasteiger partial charge in [-0.05, 0) is 46.0 Å². The topological polar surface area (TPSA) is 97.1 Å². The van der Waals surface area contributed by atoms with Gasteiger partial charge in [0, 0.05) is 57.6 Å². The van der Waals surface area contributed by atoms with E-state index in [0.29, 0.717) is 5.56 Å². The second-order valence-corrected chi connectivity index (χ2v) is 10.6. The minimum absolute atomic E-state index is 0.0184. The molecule has 204 valence electrons. The average Bonchev–Trinajstić information content (AvgIpc) is 3.59. The lowest BCUT2D eigenvalue weighted by molar-refractivity contribution is -0.0390. The fraction of sp³-hybridized carbons (Fsp3) is 0.643. The van der Waals surface area contributed by atoms with Gasteiger partial charge < -0.3 is 14.2 Å². The van der Waals surface area contributed by atoms with E-state index in [0.717, 1.165) is 80.8 Å². The summed E-state index contributed by atoms with van der Waals surface area (Å²) in [6, 6.07) is 4.56. The zero-order chi connectivity index (χ0) is 27.0. The Hall–Kier alpha value is -3.16. The first-order valence-electron chi connectivity index (χ1n) is 14.1. The SMILES string of the molecule is CC[C@H]1CN(C(C)c2nn(CC)cc2C#N)[C@H](CC)CN1c1cc(=O)n(C)c2cn(C3CCCCO3)nc12. The van der Waals surface area contributed by atoms with Gasteiger partial charge in [0.15, 0.2) is 0 Å². The van der Waals surface area contributed by atoms with E-state index in [1.54, 1.807) is 10.6 Å². The van der Waals surface area contributed by atoms with Crippen molar-refractivity contribution in [2.24, 2.45) is 7.05 Å². The van der Waals surface area contributed by atoms with Gasteiger partial charge in [-0.1, -0.05) is 13.8 Å². The van der Waals surface area contributed by atoms with Crippen molar-refractivity contribution in [3.63, 3.8) is 0 Å². The number of hydrogen-bond acceptors (Lipinski definition) is 7. The average molecular weight is 521 g/mol. The van der Waals surface area contributed by atoms with Gasteiger partial charge in [0.1, 0.15) is 17.8 Å². The number of hydrogen-bond donors (Lipinski definition) is 0. The van der Waals surface area contributed by atoms with Crippen LogP contribution in [-0.4, -0.2) is 60.8 Å². The van der Waals surface area contributed by atoms with Crippen LogP contribution >= 0.6 is 0 Å². The molecule has 2 saturated heterocycles. The minimum atomic E-state index is -0.0839. The van der Waals surface area contributed by atoms with Crippen molar-refractivity contribution in [1.82, 2.24) is 29.0 Å². The van der Waals surface area contributed by atoms with E-state index in [2.05, 4.69) is 36.6 Å². The summed E-state index contributed by atoms with van der Waals surface area (Å²) in [6.07, 6.45) is 8.75. The zero-order valence-electron chi connectivity index (χ0n) is 23.3. The predicted octanol–water partition coefficient (Wildman–Crippen LogP) is 3.96. The van der Waals surface area contributed by atoms with Crippen LogP contribution in [0, 0.1) is 11.3 Å². The number of aromatic nitrogens is 5. The number of nitriles is 1. The summed E-state index contributed by atoms with van der Waals surface area (Å²) in [6.45, 7) is 11.7. The van der Waals surface area contributed by atoms with Gasteiger partial charge in [0.2, 0.25) is 0 Å². The van der Waals surface area contributed by atoms with Crippen molar-refractivity contribution in [2.75, 3.05) is 24.6 Å². The van der Waals surface area contributed by atoms with Crippen molar-refractivity contribution in [3.8, 4) is 6.07 Å². The molecule has 5 rings (SSSR count). The summed E-state index contributed by atoms with van der Waals surface area (Å²) < 4.78 is 11.5. The normalized spacial score (nSPS) is 23.6. The zero-order valence-corrected chi connectivity index (χ0v) is 23.3. The molecule has 0 aliphatic carbocycles. The molecule has 4 atom stereocenters. The molecule has 2 aliphatic rings. The van der Waals surface area contributed by atoms with Crippen molar-refractivity contribution < 1.29 is 4.74 Å². The van der Waals surface area contributed by atoms with Gasteiger partial charge in [0.25, 0.3) is 5.56 Å². The standard InChI is InChI=1S/C28H40N8O2/c1-6-21-17-35(22(7-2)16-34(21)19(4)27-20(14-29)15-33(8-3)30-27)23-13-25(37)32(5)24-18-36(31-28(23)24)26-11-9-10-12-38-26/h13,15,18-19,21-22,26H,6-12,16-17H2,1-5H3/t19?,21-,22+,26?/m1/s1. The summed E-state index contributed by atoms with van der Waals surface area (Å²) >= 11 is 0. The highest BCUT2D eigenvalue weighted by molar-refractivity contribution is 5.88. The van der Waals surface area contributed by atoms with Gasteiger partial charge >= 0.3 is 0 Å². The Balaban J connectivity index is 1.51. The summed E-state index contributed by atoms with van der Waals surface area (Å²) in [7, 11) is 1.82. The van der Waals surface area contributed by atoms with Crippen LogP contribution in [-0.2, 0) is 18.3 Å². The van der Waals surface area contributed by atoms with E-state index in [9.17, 15) is 10.1 Å². The lowest BCUT2D eigenvalue weighted by Gasteiger charge is -2.49. The first-order chi connectivity index (χ1) is 18.4. The molecule has 0 amide bonds. The number of ether oxygens (including phenoxy) is 1. The molecule has 3 aromatic heterocycles. The molecular formula is C28H40N8O2. The second-order valence-electron chi connectivity index (χ2n) is 10.6. The maximum Gasteiger partial charge on any atom is 0.252 e. The highest BCUT2D eigenvalue weighted by Gasteiger charge is 2.37. The largest absolute Gasteiger partial charge is 0.364 e. The molecule has 0 saturated carbocycles. The quantitative estimate of drug-likeness (QED) is 0.465. The van der Waals surface area contributed by atoms with Crippen molar-refractivity contribution in [1.29, 1.82) is 5.26 Å². The minimum Gasteiger partial charge on any atom is -0.364 e. The van der Waals surface area contributed by atoms with Crippen LogP contribution in [0.15, 0.2) is 23.3 Å². The van der Waals surface area contributed by atoms with Crippen molar-refractivity contribution in [2.45, 2.75) is 90.7 Å². The third-order valence-electron chi connectivity index (χ3n) is 8.48. The molecule has 0 spiro atoms.